The summed E-state index contributed by atoms with van der Waals surface area (Å²) >= 11 is 0. The molecule has 0 aliphatic rings. The highest BCUT2D eigenvalue weighted by Crippen LogP contribution is 2.04. The average molecular weight is 198 g/mol. The van der Waals surface area contributed by atoms with Crippen LogP contribution < -0.4 is 11.1 Å². The molecule has 1 amide bonds. The molecule has 0 saturated heterocycles. The Balaban J connectivity index is 2.57. The monoisotopic (exact) mass is 198 g/mol. The van der Waals surface area contributed by atoms with Crippen molar-refractivity contribution in [2.24, 2.45) is 5.73 Å². The van der Waals surface area contributed by atoms with E-state index in [9.17, 15) is 4.79 Å². The summed E-state index contributed by atoms with van der Waals surface area (Å²) < 4.78 is 4.83. The summed E-state index contributed by atoms with van der Waals surface area (Å²) in [6.07, 6.45) is 3.15. The highest BCUT2D eigenvalue weighted by Gasteiger charge is 2.28. The van der Waals surface area contributed by atoms with Crippen molar-refractivity contribution in [1.82, 2.24) is 9.97 Å². The second-order valence-corrected chi connectivity index (χ2v) is 3.24. The molecule has 0 aromatic carbocycles. The smallest absolute Gasteiger partial charge is 0.248 e. The van der Waals surface area contributed by atoms with Crippen LogP contribution in [0.3, 0.4) is 0 Å². The van der Waals surface area contributed by atoms with Gasteiger partial charge in [0.2, 0.25) is 11.9 Å². The molecule has 1 heterocycles. The van der Waals surface area contributed by atoms with Gasteiger partial charge in [-0.2, -0.15) is 0 Å². The van der Waals surface area contributed by atoms with E-state index in [1.54, 1.807) is 19.3 Å². The summed E-state index contributed by atoms with van der Waals surface area (Å²) in [5.74, 6) is 0.0390. The van der Waals surface area contributed by atoms with Crippen molar-refractivity contribution in [1.29, 1.82) is 0 Å². The van der Waals surface area contributed by atoms with Gasteiger partial charge in [0, 0.05) is 19.5 Å². The molecule has 1 aromatic heterocycles. The lowest BCUT2D eigenvalue weighted by atomic mass is 10.1. The second-order valence-electron chi connectivity index (χ2n) is 3.24. The number of ether oxygens (including phenoxy) is 1. The van der Waals surface area contributed by atoms with E-state index in [4.69, 9.17) is 10.5 Å². The molecule has 0 bridgehead atoms. The topological polar surface area (TPSA) is 93.0 Å². The number of methoxy groups -OCH3 is 1. The summed E-state index contributed by atoms with van der Waals surface area (Å²) in [4.78, 5) is 18.1. The number of aromatic amines is 1. The van der Waals surface area contributed by atoms with Crippen molar-refractivity contribution in [2.45, 2.75) is 12.5 Å². The maximum absolute atomic E-state index is 11.5. The predicted molar refractivity (Wildman–Crippen MR) is 51.7 cm³/mol. The van der Waals surface area contributed by atoms with Crippen LogP contribution in [0.4, 0.5) is 5.95 Å². The Labute approximate surface area is 81.8 Å². The Morgan fingerprint density at radius 3 is 3.07 bits per heavy atom. The van der Waals surface area contributed by atoms with Crippen molar-refractivity contribution >= 4 is 11.9 Å². The Morgan fingerprint density at radius 1 is 1.86 bits per heavy atom. The fourth-order valence-electron chi connectivity index (χ4n) is 0.949. The van der Waals surface area contributed by atoms with Crippen molar-refractivity contribution in [3.8, 4) is 0 Å². The number of carbonyl (C=O) groups is 1. The van der Waals surface area contributed by atoms with Gasteiger partial charge in [0.05, 0.1) is 6.61 Å². The van der Waals surface area contributed by atoms with Crippen molar-refractivity contribution in [3.63, 3.8) is 0 Å². The number of nitrogens with zero attached hydrogens (tertiary/aromatic N) is 1. The molecule has 78 valence electrons. The number of nitrogens with two attached hydrogens (primary N) is 1. The van der Waals surface area contributed by atoms with Crippen LogP contribution >= 0.6 is 0 Å². The molecule has 0 aliphatic heterocycles. The van der Waals surface area contributed by atoms with E-state index < -0.39 is 5.54 Å². The highest BCUT2D eigenvalue weighted by molar-refractivity contribution is 5.96. The third kappa shape index (κ3) is 2.54. The van der Waals surface area contributed by atoms with Gasteiger partial charge in [-0.3, -0.25) is 10.1 Å². The van der Waals surface area contributed by atoms with Crippen LogP contribution in [-0.4, -0.2) is 35.1 Å². The molecule has 0 fully saturated rings. The number of imidazole rings is 1. The van der Waals surface area contributed by atoms with Gasteiger partial charge in [-0.05, 0) is 6.92 Å². The first-order valence-electron chi connectivity index (χ1n) is 4.15. The average Bonchev–Trinajstić information content (AvgIpc) is 2.56. The lowest BCUT2D eigenvalue weighted by molar-refractivity contribution is -0.122. The fraction of sp³-hybridized carbons (Fsp3) is 0.500. The van der Waals surface area contributed by atoms with Crippen LogP contribution in [0.25, 0.3) is 0 Å². The molecule has 14 heavy (non-hydrogen) atoms. The van der Waals surface area contributed by atoms with E-state index in [-0.39, 0.29) is 12.5 Å². The molecule has 0 aliphatic carbocycles. The summed E-state index contributed by atoms with van der Waals surface area (Å²) in [5.41, 5.74) is 4.65. The third-order valence-electron chi connectivity index (χ3n) is 1.69. The fourth-order valence-corrected chi connectivity index (χ4v) is 0.949. The molecule has 1 rings (SSSR count). The van der Waals surface area contributed by atoms with E-state index in [0.717, 1.165) is 0 Å². The molecule has 1 atom stereocenters. The minimum absolute atomic E-state index is 0.152. The standard InChI is InChI=1S/C8H14N4O2/c1-8(9,5-14-2)6(13)12-7-10-3-4-11-7/h3-4H,5,9H2,1-2H3,(H2,10,11,12,13). The van der Waals surface area contributed by atoms with E-state index in [1.807, 2.05) is 0 Å². The predicted octanol–water partition coefficient (Wildman–Crippen LogP) is -0.288. The second kappa shape index (κ2) is 4.21. The first-order valence-corrected chi connectivity index (χ1v) is 4.15. The maximum atomic E-state index is 11.5. The molecule has 1 aromatic rings. The lowest BCUT2D eigenvalue weighted by Gasteiger charge is -2.21. The van der Waals surface area contributed by atoms with E-state index in [0.29, 0.717) is 5.95 Å². The normalized spacial score (nSPS) is 14.8. The van der Waals surface area contributed by atoms with Crippen molar-refractivity contribution in [3.05, 3.63) is 12.4 Å². The minimum atomic E-state index is -1.05. The van der Waals surface area contributed by atoms with Gasteiger partial charge < -0.3 is 15.5 Å². The molecule has 4 N–H and O–H groups in total. The number of nitrogens with one attached hydrogen (secondary N) is 2. The molecule has 6 heteroatoms. The molecule has 6 nitrogen and oxygen atoms in total. The zero-order valence-corrected chi connectivity index (χ0v) is 8.20. The number of hydrogen-bond acceptors (Lipinski definition) is 4. The summed E-state index contributed by atoms with van der Waals surface area (Å²) in [7, 11) is 1.49. The number of aromatic nitrogens is 2. The van der Waals surface area contributed by atoms with Crippen LogP contribution in [0, 0.1) is 0 Å². The highest BCUT2D eigenvalue weighted by atomic mass is 16.5. The molecule has 1 unspecified atom stereocenters. The van der Waals surface area contributed by atoms with Crippen LogP contribution in [0.1, 0.15) is 6.92 Å². The molecule has 0 radical (unpaired) electrons. The number of hydrogen-bond donors (Lipinski definition) is 3. The Morgan fingerprint density at radius 2 is 2.57 bits per heavy atom. The number of rotatable bonds is 4. The molecule has 0 spiro atoms. The number of H-pyrrole nitrogens is 1. The van der Waals surface area contributed by atoms with E-state index in [2.05, 4.69) is 15.3 Å². The Kier molecular flexibility index (Phi) is 3.21. The Hall–Kier alpha value is -1.40. The van der Waals surface area contributed by atoms with Gasteiger partial charge in [-0.1, -0.05) is 0 Å². The van der Waals surface area contributed by atoms with Gasteiger partial charge in [0.15, 0.2) is 0 Å². The third-order valence-corrected chi connectivity index (χ3v) is 1.69. The van der Waals surface area contributed by atoms with E-state index in [1.165, 1.54) is 7.11 Å². The Bertz CT molecular complexity index is 294. The zero-order valence-electron chi connectivity index (χ0n) is 8.20. The number of anilines is 1. The maximum Gasteiger partial charge on any atom is 0.248 e. The molecule has 0 saturated carbocycles. The molecular weight excluding hydrogens is 184 g/mol. The first-order chi connectivity index (χ1) is 6.56. The van der Waals surface area contributed by atoms with Gasteiger partial charge in [0.1, 0.15) is 5.54 Å². The first kappa shape index (κ1) is 10.7. The van der Waals surface area contributed by atoms with Crippen molar-refractivity contribution < 1.29 is 9.53 Å². The van der Waals surface area contributed by atoms with Crippen LogP contribution in [0.2, 0.25) is 0 Å². The van der Waals surface area contributed by atoms with Gasteiger partial charge in [0.25, 0.3) is 0 Å². The van der Waals surface area contributed by atoms with Gasteiger partial charge >= 0.3 is 0 Å². The summed E-state index contributed by atoms with van der Waals surface area (Å²) in [6.45, 7) is 1.74. The largest absolute Gasteiger partial charge is 0.382 e. The SMILES string of the molecule is COCC(C)(N)C(=O)Nc1ncc[nH]1. The van der Waals surface area contributed by atoms with Gasteiger partial charge in [-0.15, -0.1) is 0 Å². The molecular formula is C8H14N4O2. The number of carbonyl (C=O) groups excluding carboxylic acids is 1. The summed E-state index contributed by atoms with van der Waals surface area (Å²) in [6, 6.07) is 0. The minimum Gasteiger partial charge on any atom is -0.382 e. The zero-order chi connectivity index (χ0) is 10.6. The number of amides is 1. The summed E-state index contributed by atoms with van der Waals surface area (Å²) in [5, 5.41) is 2.54. The van der Waals surface area contributed by atoms with Crippen LogP contribution in [0.5, 0.6) is 0 Å². The quantitative estimate of drug-likeness (QED) is 0.620. The van der Waals surface area contributed by atoms with Crippen LogP contribution in [0.15, 0.2) is 12.4 Å². The van der Waals surface area contributed by atoms with Crippen LogP contribution in [-0.2, 0) is 9.53 Å². The van der Waals surface area contributed by atoms with Crippen molar-refractivity contribution in [2.75, 3.05) is 19.0 Å². The van der Waals surface area contributed by atoms with E-state index >= 15 is 0 Å². The van der Waals surface area contributed by atoms with Gasteiger partial charge in [-0.25, -0.2) is 4.98 Å². The lowest BCUT2D eigenvalue weighted by Crippen LogP contribution is -2.52.